The highest BCUT2D eigenvalue weighted by Gasteiger charge is 2.30. The molecule has 0 radical (unpaired) electrons. The Hall–Kier alpha value is -1.44. The van der Waals surface area contributed by atoms with E-state index in [-0.39, 0.29) is 6.42 Å². The second-order valence-electron chi connectivity index (χ2n) is 6.40. The van der Waals surface area contributed by atoms with Gasteiger partial charge < -0.3 is 14.8 Å². The molecule has 0 aromatic heterocycles. The zero-order chi connectivity index (χ0) is 17.7. The third-order valence-electron chi connectivity index (χ3n) is 4.81. The average Bonchev–Trinajstić information content (AvgIpc) is 2.59. The third kappa shape index (κ3) is 4.55. The summed E-state index contributed by atoms with van der Waals surface area (Å²) in [5.74, 6) is -0.642. The van der Waals surface area contributed by atoms with E-state index in [1.165, 1.54) is 4.31 Å². The van der Waals surface area contributed by atoms with Crippen LogP contribution in [-0.4, -0.2) is 51.4 Å². The summed E-state index contributed by atoms with van der Waals surface area (Å²) in [6, 6.07) is 7.16. The molecule has 2 rings (SSSR count). The van der Waals surface area contributed by atoms with E-state index in [1.54, 1.807) is 12.1 Å². The highest BCUT2D eigenvalue weighted by Crippen LogP contribution is 2.22. The average molecular weight is 354 g/mol. The number of nitrogens with one attached hydrogen (secondary N) is 1. The Bertz CT molecular complexity index is 650. The van der Waals surface area contributed by atoms with Crippen LogP contribution in [-0.2, 0) is 14.8 Å². The minimum atomic E-state index is -3.47. The molecule has 1 aliphatic rings. The van der Waals surface area contributed by atoms with Crippen molar-refractivity contribution in [3.63, 3.8) is 0 Å². The highest BCUT2D eigenvalue weighted by atomic mass is 32.2. The van der Waals surface area contributed by atoms with Gasteiger partial charge in [-0.25, -0.2) is 8.42 Å². The maximum Gasteiger partial charge on any atom is 0.243 e. The molecule has 0 unspecified atom stereocenters. The van der Waals surface area contributed by atoms with Crippen molar-refractivity contribution >= 4 is 16.0 Å². The van der Waals surface area contributed by atoms with Crippen molar-refractivity contribution in [2.75, 3.05) is 32.7 Å². The number of hydrogen-bond donors (Lipinski definition) is 1. The van der Waals surface area contributed by atoms with Crippen LogP contribution in [0.25, 0.3) is 0 Å². The molecule has 1 fully saturated rings. The number of hydrogen-bond acceptors (Lipinski definition) is 4. The predicted molar refractivity (Wildman–Crippen MR) is 89.1 cm³/mol. The number of quaternary nitrogens is 1. The molecule has 1 N–H and O–H groups in total. The van der Waals surface area contributed by atoms with Crippen LogP contribution in [0.2, 0.25) is 0 Å². The van der Waals surface area contributed by atoms with E-state index in [4.69, 9.17) is 0 Å². The first kappa shape index (κ1) is 18.9. The van der Waals surface area contributed by atoms with Crippen molar-refractivity contribution in [2.24, 2.45) is 0 Å². The minimum Gasteiger partial charge on any atom is -0.550 e. The van der Waals surface area contributed by atoms with Gasteiger partial charge in [-0.3, -0.25) is 0 Å². The van der Waals surface area contributed by atoms with Crippen molar-refractivity contribution in [1.29, 1.82) is 0 Å². The SMILES string of the molecule is CC[C@H](C)c1ccc(S(=O)(=O)N2CC[NH+](CCC(=O)[O-])CC2)cc1. The molecule has 134 valence electrons. The number of carbonyl (C=O) groups is 1. The fourth-order valence-corrected chi connectivity index (χ4v) is 4.37. The van der Waals surface area contributed by atoms with E-state index in [0.717, 1.165) is 16.9 Å². The molecule has 1 atom stereocenters. The second-order valence-corrected chi connectivity index (χ2v) is 8.34. The maximum atomic E-state index is 12.7. The number of piperazine rings is 1. The van der Waals surface area contributed by atoms with Gasteiger partial charge in [-0.15, -0.1) is 0 Å². The van der Waals surface area contributed by atoms with Gasteiger partial charge >= 0.3 is 0 Å². The molecule has 0 saturated carbocycles. The molecule has 1 aliphatic heterocycles. The van der Waals surface area contributed by atoms with E-state index in [0.29, 0.717) is 43.5 Å². The molecule has 0 bridgehead atoms. The van der Waals surface area contributed by atoms with Gasteiger partial charge in [0.1, 0.15) is 0 Å². The van der Waals surface area contributed by atoms with Crippen LogP contribution in [0.15, 0.2) is 29.2 Å². The van der Waals surface area contributed by atoms with Gasteiger partial charge in [-0.2, -0.15) is 4.31 Å². The monoisotopic (exact) mass is 354 g/mol. The van der Waals surface area contributed by atoms with Crippen molar-refractivity contribution in [3.05, 3.63) is 29.8 Å². The molecule has 0 aliphatic carbocycles. The van der Waals surface area contributed by atoms with Crippen LogP contribution in [0.4, 0.5) is 0 Å². The van der Waals surface area contributed by atoms with Gasteiger partial charge in [0.2, 0.25) is 10.0 Å². The van der Waals surface area contributed by atoms with Crippen molar-refractivity contribution in [1.82, 2.24) is 4.31 Å². The number of rotatable bonds is 7. The molecule has 24 heavy (non-hydrogen) atoms. The molecular formula is C17H26N2O4S. The molecule has 0 amide bonds. The first-order valence-corrected chi connectivity index (χ1v) is 9.92. The first-order chi connectivity index (χ1) is 11.3. The van der Waals surface area contributed by atoms with Crippen LogP contribution in [0.5, 0.6) is 0 Å². The summed E-state index contributed by atoms with van der Waals surface area (Å²) in [7, 11) is -3.47. The molecule has 7 heteroatoms. The summed E-state index contributed by atoms with van der Waals surface area (Å²) < 4.78 is 26.9. The standard InChI is InChI=1S/C17H26N2O4S/c1-3-14(2)15-4-6-16(7-5-15)24(22,23)19-12-10-18(11-13-19)9-8-17(20)21/h4-7,14H,3,8-13H2,1-2H3,(H,20,21)/t14-/m0/s1. The molecule has 1 heterocycles. The highest BCUT2D eigenvalue weighted by molar-refractivity contribution is 7.89. The number of carboxylic acids is 1. The Balaban J connectivity index is 2.00. The van der Waals surface area contributed by atoms with E-state index < -0.39 is 16.0 Å². The molecule has 1 aromatic carbocycles. The van der Waals surface area contributed by atoms with Crippen LogP contribution >= 0.6 is 0 Å². The molecule has 1 aromatic rings. The Morgan fingerprint density at radius 1 is 1.25 bits per heavy atom. The molecule has 6 nitrogen and oxygen atoms in total. The van der Waals surface area contributed by atoms with Crippen LogP contribution in [0.1, 0.15) is 38.2 Å². The Kier molecular flexibility index (Phi) is 6.37. The topological polar surface area (TPSA) is 82.0 Å². The number of nitrogens with zero attached hydrogens (tertiary/aromatic N) is 1. The second kappa shape index (κ2) is 8.09. The number of carboxylic acid groups (broad SMARTS) is 1. The van der Waals surface area contributed by atoms with Crippen LogP contribution < -0.4 is 10.0 Å². The smallest absolute Gasteiger partial charge is 0.243 e. The van der Waals surface area contributed by atoms with Gasteiger partial charge in [0.05, 0.1) is 37.6 Å². The Morgan fingerprint density at radius 3 is 2.33 bits per heavy atom. The maximum absolute atomic E-state index is 12.7. The third-order valence-corrected chi connectivity index (χ3v) is 6.72. The summed E-state index contributed by atoms with van der Waals surface area (Å²) in [5.41, 5.74) is 1.15. The zero-order valence-corrected chi connectivity index (χ0v) is 15.1. The fourth-order valence-electron chi connectivity index (χ4n) is 2.92. The summed E-state index contributed by atoms with van der Waals surface area (Å²) in [6.45, 7) is 6.79. The number of benzene rings is 1. The fraction of sp³-hybridized carbons (Fsp3) is 0.588. The normalized spacial score (nSPS) is 18.4. The van der Waals surface area contributed by atoms with Gasteiger partial charge in [-0.1, -0.05) is 26.0 Å². The summed E-state index contributed by atoms with van der Waals surface area (Å²) >= 11 is 0. The van der Waals surface area contributed by atoms with E-state index in [9.17, 15) is 18.3 Å². The number of carbonyl (C=O) groups excluding carboxylic acids is 1. The Labute approximate surface area is 144 Å². The zero-order valence-electron chi connectivity index (χ0n) is 14.3. The van der Waals surface area contributed by atoms with E-state index >= 15 is 0 Å². The van der Waals surface area contributed by atoms with Gasteiger partial charge in [0.15, 0.2) is 0 Å². The van der Waals surface area contributed by atoms with Crippen molar-refractivity contribution in [3.8, 4) is 0 Å². The van der Waals surface area contributed by atoms with Gasteiger partial charge in [0, 0.05) is 12.4 Å². The summed E-state index contributed by atoms with van der Waals surface area (Å²) in [4.78, 5) is 12.0. The van der Waals surface area contributed by atoms with Gasteiger partial charge in [0.25, 0.3) is 0 Å². The quantitative estimate of drug-likeness (QED) is 0.697. The molecule has 1 saturated heterocycles. The largest absolute Gasteiger partial charge is 0.550 e. The van der Waals surface area contributed by atoms with E-state index in [2.05, 4.69) is 13.8 Å². The summed E-state index contributed by atoms with van der Waals surface area (Å²) in [6.07, 6.45) is 1.03. The minimum absolute atomic E-state index is 0.0131. The van der Waals surface area contributed by atoms with Gasteiger partial charge in [-0.05, 0) is 30.0 Å². The molecule has 0 spiro atoms. The van der Waals surface area contributed by atoms with Crippen LogP contribution in [0, 0.1) is 0 Å². The van der Waals surface area contributed by atoms with Crippen molar-refractivity contribution in [2.45, 2.75) is 37.5 Å². The lowest BCUT2D eigenvalue weighted by molar-refractivity contribution is -0.903. The number of aliphatic carboxylic acids is 1. The first-order valence-electron chi connectivity index (χ1n) is 8.48. The predicted octanol–water partition coefficient (Wildman–Crippen LogP) is -0.771. The number of sulfonamides is 1. The lowest BCUT2D eigenvalue weighted by Gasteiger charge is -2.31. The van der Waals surface area contributed by atoms with Crippen molar-refractivity contribution < 1.29 is 23.2 Å². The lowest BCUT2D eigenvalue weighted by Crippen LogP contribution is -3.15. The molecular weight excluding hydrogens is 328 g/mol. The lowest BCUT2D eigenvalue weighted by atomic mass is 9.99. The van der Waals surface area contributed by atoms with E-state index in [1.807, 2.05) is 12.1 Å². The summed E-state index contributed by atoms with van der Waals surface area (Å²) in [5, 5.41) is 10.5. The van der Waals surface area contributed by atoms with Crippen LogP contribution in [0.3, 0.4) is 0 Å². The Morgan fingerprint density at radius 2 is 1.83 bits per heavy atom.